The van der Waals surface area contributed by atoms with Crippen LogP contribution in [0, 0.1) is 5.92 Å². The molecule has 8 heteroatoms. The van der Waals surface area contributed by atoms with Crippen molar-refractivity contribution >= 4 is 12.0 Å². The van der Waals surface area contributed by atoms with Crippen LogP contribution in [0.4, 0.5) is 18.0 Å². The van der Waals surface area contributed by atoms with Crippen LogP contribution in [0.5, 0.6) is 0 Å². The summed E-state index contributed by atoms with van der Waals surface area (Å²) in [5.74, 6) is -1.35. The number of hydrogen-bond acceptors (Lipinski definition) is 3. The maximum Gasteiger partial charge on any atom is 0.407 e. The first-order chi connectivity index (χ1) is 9.98. The Balaban J connectivity index is 2.59. The zero-order valence-electron chi connectivity index (χ0n) is 13.0. The molecule has 0 bridgehead atoms. The van der Waals surface area contributed by atoms with Crippen LogP contribution < -0.4 is 10.6 Å². The summed E-state index contributed by atoms with van der Waals surface area (Å²) in [7, 11) is 0. The molecule has 0 aromatic carbocycles. The zero-order valence-corrected chi connectivity index (χ0v) is 13.0. The Morgan fingerprint density at radius 1 is 1.14 bits per heavy atom. The van der Waals surface area contributed by atoms with E-state index in [9.17, 15) is 22.8 Å². The van der Waals surface area contributed by atoms with E-state index in [-0.39, 0.29) is 0 Å². The second-order valence-corrected chi connectivity index (χ2v) is 6.48. The highest BCUT2D eigenvalue weighted by Crippen LogP contribution is 2.25. The number of nitrogens with one attached hydrogen (secondary N) is 2. The lowest BCUT2D eigenvalue weighted by Crippen LogP contribution is -2.50. The fourth-order valence-electron chi connectivity index (χ4n) is 2.39. The number of alkyl halides is 3. The molecule has 0 spiro atoms. The van der Waals surface area contributed by atoms with Gasteiger partial charge in [-0.1, -0.05) is 12.8 Å². The topological polar surface area (TPSA) is 67.4 Å². The third-order valence-electron chi connectivity index (χ3n) is 3.27. The second-order valence-electron chi connectivity index (χ2n) is 6.48. The molecule has 1 rings (SSSR count). The molecule has 1 aliphatic carbocycles. The quantitative estimate of drug-likeness (QED) is 0.839. The molecular formula is C14H23F3N2O3. The van der Waals surface area contributed by atoms with Crippen LogP contribution >= 0.6 is 0 Å². The summed E-state index contributed by atoms with van der Waals surface area (Å²) >= 11 is 0. The minimum Gasteiger partial charge on any atom is -0.444 e. The molecule has 0 aliphatic heterocycles. The van der Waals surface area contributed by atoms with Gasteiger partial charge in [0.25, 0.3) is 0 Å². The number of halogens is 3. The predicted octanol–water partition coefficient (Wildman–Crippen LogP) is 2.75. The van der Waals surface area contributed by atoms with E-state index in [0.29, 0.717) is 12.8 Å². The minimum absolute atomic E-state index is 0.449. The average molecular weight is 324 g/mol. The summed E-state index contributed by atoms with van der Waals surface area (Å²) in [6.45, 7) is 3.77. The van der Waals surface area contributed by atoms with Gasteiger partial charge in [0.2, 0.25) is 5.91 Å². The van der Waals surface area contributed by atoms with Crippen molar-refractivity contribution in [1.29, 1.82) is 0 Å². The van der Waals surface area contributed by atoms with Crippen LogP contribution in [0.3, 0.4) is 0 Å². The molecule has 1 unspecified atom stereocenters. The van der Waals surface area contributed by atoms with Crippen LogP contribution in [0.2, 0.25) is 0 Å². The number of alkyl carbamates (subject to hydrolysis) is 1. The lowest BCUT2D eigenvalue weighted by molar-refractivity contribution is -0.141. The van der Waals surface area contributed by atoms with Crippen LogP contribution in [0.15, 0.2) is 0 Å². The molecule has 0 radical (unpaired) electrons. The van der Waals surface area contributed by atoms with Gasteiger partial charge in [-0.3, -0.25) is 4.79 Å². The molecule has 0 saturated heterocycles. The highest BCUT2D eigenvalue weighted by Gasteiger charge is 2.35. The van der Waals surface area contributed by atoms with Crippen LogP contribution in [-0.4, -0.2) is 36.4 Å². The van der Waals surface area contributed by atoms with Crippen LogP contribution in [-0.2, 0) is 9.53 Å². The van der Waals surface area contributed by atoms with Gasteiger partial charge in [-0.15, -0.1) is 0 Å². The van der Waals surface area contributed by atoms with Crippen molar-refractivity contribution in [3.8, 4) is 0 Å². The largest absolute Gasteiger partial charge is 0.444 e. The van der Waals surface area contributed by atoms with Gasteiger partial charge in [0.1, 0.15) is 12.1 Å². The van der Waals surface area contributed by atoms with Crippen molar-refractivity contribution in [3.63, 3.8) is 0 Å². The predicted molar refractivity (Wildman–Crippen MR) is 74.2 cm³/mol. The molecule has 2 atom stereocenters. The van der Waals surface area contributed by atoms with E-state index in [1.807, 2.05) is 5.32 Å². The molecule has 22 heavy (non-hydrogen) atoms. The molecule has 5 nitrogen and oxygen atoms in total. The smallest absolute Gasteiger partial charge is 0.407 e. The van der Waals surface area contributed by atoms with E-state index in [1.165, 1.54) is 0 Å². The minimum atomic E-state index is -4.45. The van der Waals surface area contributed by atoms with Crippen molar-refractivity contribution in [2.45, 2.75) is 64.3 Å². The summed E-state index contributed by atoms with van der Waals surface area (Å²) in [4.78, 5) is 23.7. The summed E-state index contributed by atoms with van der Waals surface area (Å²) in [6.07, 6.45) is -2.56. The number of carbonyl (C=O) groups excluding carboxylic acids is 2. The summed E-state index contributed by atoms with van der Waals surface area (Å²) in [5, 5.41) is 4.49. The van der Waals surface area contributed by atoms with Crippen molar-refractivity contribution in [1.82, 2.24) is 10.6 Å². The van der Waals surface area contributed by atoms with Gasteiger partial charge < -0.3 is 15.4 Å². The third-order valence-corrected chi connectivity index (χ3v) is 3.27. The number of rotatable bonds is 3. The molecule has 0 aromatic rings. The Hall–Kier alpha value is -1.47. The molecule has 0 heterocycles. The van der Waals surface area contributed by atoms with Crippen LogP contribution in [0.25, 0.3) is 0 Å². The van der Waals surface area contributed by atoms with E-state index in [4.69, 9.17) is 4.74 Å². The van der Waals surface area contributed by atoms with Gasteiger partial charge in [0, 0.05) is 6.04 Å². The molecule has 2 amide bonds. The Morgan fingerprint density at radius 2 is 1.73 bits per heavy atom. The van der Waals surface area contributed by atoms with E-state index < -0.39 is 42.3 Å². The highest BCUT2D eigenvalue weighted by atomic mass is 19.4. The molecule has 128 valence electrons. The normalized spacial score (nSPS) is 22.8. The van der Waals surface area contributed by atoms with Gasteiger partial charge in [0.15, 0.2) is 0 Å². The average Bonchev–Trinajstić information content (AvgIpc) is 2.33. The number of hydrogen-bond donors (Lipinski definition) is 2. The maximum absolute atomic E-state index is 12.2. The van der Waals surface area contributed by atoms with Gasteiger partial charge >= 0.3 is 12.3 Å². The van der Waals surface area contributed by atoms with Gasteiger partial charge in [0.05, 0.1) is 5.92 Å². The van der Waals surface area contributed by atoms with Gasteiger partial charge in [-0.2, -0.15) is 13.2 Å². The van der Waals surface area contributed by atoms with Crippen LogP contribution in [0.1, 0.15) is 46.5 Å². The molecule has 1 saturated carbocycles. The van der Waals surface area contributed by atoms with E-state index in [0.717, 1.165) is 12.8 Å². The Labute approximate surface area is 128 Å². The Kier molecular flexibility index (Phi) is 6.08. The van der Waals surface area contributed by atoms with Crippen molar-refractivity contribution in [3.05, 3.63) is 0 Å². The lowest BCUT2D eigenvalue weighted by atomic mass is 9.84. The monoisotopic (exact) mass is 324 g/mol. The first kappa shape index (κ1) is 18.6. The third kappa shape index (κ3) is 7.00. The fraction of sp³-hybridized carbons (Fsp3) is 0.857. The zero-order chi connectivity index (χ0) is 17.0. The molecule has 1 aliphatic rings. The fourth-order valence-corrected chi connectivity index (χ4v) is 2.39. The highest BCUT2D eigenvalue weighted by molar-refractivity contribution is 5.80. The molecular weight excluding hydrogens is 301 g/mol. The summed E-state index contributed by atoms with van der Waals surface area (Å²) < 4.78 is 41.6. The van der Waals surface area contributed by atoms with Gasteiger partial charge in [-0.25, -0.2) is 4.79 Å². The van der Waals surface area contributed by atoms with E-state index in [1.54, 1.807) is 20.8 Å². The standard InChI is InChI=1S/C14H23F3N2O3/c1-13(2,3)22-12(21)19-10-7-5-4-6-9(10)11(20)18-8-14(15,16)17/h9-10H,4-8H2,1-3H3,(H,18,20)(H,19,21)/t9?,10-/m0/s1. The van der Waals surface area contributed by atoms with Gasteiger partial charge in [-0.05, 0) is 33.6 Å². The number of carbonyl (C=O) groups is 2. The van der Waals surface area contributed by atoms with Crippen molar-refractivity contribution in [2.24, 2.45) is 5.92 Å². The van der Waals surface area contributed by atoms with Crippen molar-refractivity contribution in [2.75, 3.05) is 6.54 Å². The summed E-state index contributed by atoms with van der Waals surface area (Å²) in [6, 6.07) is -0.503. The summed E-state index contributed by atoms with van der Waals surface area (Å²) in [5.41, 5.74) is -0.674. The SMILES string of the molecule is CC(C)(C)OC(=O)N[C@H]1CCCCC1C(=O)NCC(F)(F)F. The second kappa shape index (κ2) is 7.19. The molecule has 0 aromatic heterocycles. The number of amides is 2. The maximum atomic E-state index is 12.2. The molecule has 2 N–H and O–H groups in total. The first-order valence-electron chi connectivity index (χ1n) is 7.32. The molecule has 1 fully saturated rings. The van der Waals surface area contributed by atoms with Crippen molar-refractivity contribution < 1.29 is 27.5 Å². The Bertz CT molecular complexity index is 405. The van der Waals surface area contributed by atoms with E-state index >= 15 is 0 Å². The Morgan fingerprint density at radius 3 is 2.27 bits per heavy atom. The number of ether oxygens (including phenoxy) is 1. The van der Waals surface area contributed by atoms with E-state index in [2.05, 4.69) is 5.32 Å². The lowest BCUT2D eigenvalue weighted by Gasteiger charge is -2.32. The first-order valence-corrected chi connectivity index (χ1v) is 7.32.